The number of halogens is 1. The maximum absolute atomic E-state index is 5.85. The molecule has 7 heteroatoms. The Bertz CT molecular complexity index is 746. The minimum atomic E-state index is 0. The smallest absolute Gasteiger partial charge is 0.219 e. The lowest BCUT2D eigenvalue weighted by molar-refractivity contribution is 0.339. The molecule has 1 heterocycles. The number of hydrogen-bond acceptors (Lipinski definition) is 4. The number of aromatic nitrogens is 1. The second kappa shape index (κ2) is 11.7. The number of rotatable bonds is 7. The molecule has 3 rings (SSSR count). The van der Waals surface area contributed by atoms with Gasteiger partial charge in [-0.1, -0.05) is 12.8 Å². The van der Waals surface area contributed by atoms with Crippen LogP contribution in [0.1, 0.15) is 38.2 Å². The van der Waals surface area contributed by atoms with E-state index in [-0.39, 0.29) is 24.0 Å². The van der Waals surface area contributed by atoms with Crippen LogP contribution < -0.4 is 20.1 Å². The summed E-state index contributed by atoms with van der Waals surface area (Å²) in [5.74, 6) is 2.97. The van der Waals surface area contributed by atoms with Crippen molar-refractivity contribution in [3.05, 3.63) is 48.2 Å². The van der Waals surface area contributed by atoms with E-state index in [1.165, 1.54) is 25.7 Å². The number of aliphatic imine (C=N–C) groups is 1. The van der Waals surface area contributed by atoms with Crippen molar-refractivity contribution in [2.75, 3.05) is 13.7 Å². The van der Waals surface area contributed by atoms with Crippen molar-refractivity contribution in [2.24, 2.45) is 4.99 Å². The molecule has 1 fully saturated rings. The van der Waals surface area contributed by atoms with E-state index in [9.17, 15) is 0 Å². The van der Waals surface area contributed by atoms with E-state index >= 15 is 0 Å². The van der Waals surface area contributed by atoms with Crippen LogP contribution >= 0.6 is 24.0 Å². The van der Waals surface area contributed by atoms with Gasteiger partial charge in [0, 0.05) is 31.9 Å². The maximum Gasteiger partial charge on any atom is 0.219 e. The summed E-state index contributed by atoms with van der Waals surface area (Å²) in [6.07, 6.45) is 6.79. The van der Waals surface area contributed by atoms with E-state index in [1.54, 1.807) is 13.2 Å². The molecule has 0 spiro atoms. The Kier molecular flexibility index (Phi) is 9.33. The average Bonchev–Trinajstić information content (AvgIpc) is 3.20. The number of hydrogen-bond donors (Lipinski definition) is 2. The summed E-state index contributed by atoms with van der Waals surface area (Å²) in [5.41, 5.74) is 1.08. The van der Waals surface area contributed by atoms with E-state index in [0.717, 1.165) is 23.0 Å². The van der Waals surface area contributed by atoms with Gasteiger partial charge < -0.3 is 20.1 Å². The molecule has 1 aromatic carbocycles. The van der Waals surface area contributed by atoms with Crippen LogP contribution in [0.25, 0.3) is 0 Å². The van der Waals surface area contributed by atoms with Crippen LogP contribution in [-0.2, 0) is 6.54 Å². The minimum Gasteiger partial charge on any atom is -0.494 e. The third-order valence-corrected chi connectivity index (χ3v) is 4.54. The molecule has 0 aliphatic heterocycles. The zero-order chi connectivity index (χ0) is 18.9. The van der Waals surface area contributed by atoms with Gasteiger partial charge >= 0.3 is 0 Å². The monoisotopic (exact) mass is 496 g/mol. The fourth-order valence-corrected chi connectivity index (χ4v) is 3.15. The third kappa shape index (κ3) is 6.85. The van der Waals surface area contributed by atoms with Gasteiger partial charge in [0.05, 0.1) is 6.61 Å². The van der Waals surface area contributed by atoms with Crippen LogP contribution in [0.5, 0.6) is 17.4 Å². The quantitative estimate of drug-likeness (QED) is 0.336. The molecule has 0 atom stereocenters. The second-order valence-corrected chi connectivity index (χ2v) is 6.56. The first kappa shape index (κ1) is 22.3. The number of nitrogens with zero attached hydrogens (tertiary/aromatic N) is 2. The zero-order valence-electron chi connectivity index (χ0n) is 16.5. The number of ether oxygens (including phenoxy) is 2. The molecule has 0 amide bonds. The number of nitrogens with one attached hydrogen (secondary N) is 2. The van der Waals surface area contributed by atoms with Gasteiger partial charge in [-0.25, -0.2) is 4.98 Å². The second-order valence-electron chi connectivity index (χ2n) is 6.56. The maximum atomic E-state index is 5.85. The van der Waals surface area contributed by atoms with Crippen LogP contribution in [0.2, 0.25) is 0 Å². The lowest BCUT2D eigenvalue weighted by Gasteiger charge is -2.17. The molecular formula is C21H29IN4O2. The van der Waals surface area contributed by atoms with E-state index in [0.29, 0.717) is 25.1 Å². The molecule has 0 unspecified atom stereocenters. The Labute approximate surface area is 184 Å². The summed E-state index contributed by atoms with van der Waals surface area (Å²) in [5, 5.41) is 6.85. The van der Waals surface area contributed by atoms with Crippen molar-refractivity contribution in [2.45, 2.75) is 45.2 Å². The summed E-state index contributed by atoms with van der Waals surface area (Å²) in [6.45, 7) is 3.27. The molecule has 1 saturated carbocycles. The molecule has 0 radical (unpaired) electrons. The number of pyridine rings is 1. The first-order valence-corrected chi connectivity index (χ1v) is 9.59. The Morgan fingerprint density at radius 3 is 2.54 bits per heavy atom. The number of benzene rings is 1. The molecule has 152 valence electrons. The largest absolute Gasteiger partial charge is 0.494 e. The Morgan fingerprint density at radius 1 is 1.14 bits per heavy atom. The van der Waals surface area contributed by atoms with Gasteiger partial charge in [-0.15, -0.1) is 24.0 Å². The Hall–Kier alpha value is -2.03. The lowest BCUT2D eigenvalue weighted by Crippen LogP contribution is -2.41. The number of guanidine groups is 1. The van der Waals surface area contributed by atoms with Gasteiger partial charge in [-0.05, 0) is 55.7 Å². The van der Waals surface area contributed by atoms with Crippen LogP contribution in [0, 0.1) is 0 Å². The molecule has 1 aliphatic carbocycles. The van der Waals surface area contributed by atoms with Crippen LogP contribution in [-0.4, -0.2) is 30.6 Å². The highest BCUT2D eigenvalue weighted by Gasteiger charge is 2.15. The molecule has 0 saturated heterocycles. The highest BCUT2D eigenvalue weighted by molar-refractivity contribution is 14.0. The summed E-state index contributed by atoms with van der Waals surface area (Å²) >= 11 is 0. The lowest BCUT2D eigenvalue weighted by atomic mass is 10.2. The van der Waals surface area contributed by atoms with E-state index < -0.39 is 0 Å². The van der Waals surface area contributed by atoms with Gasteiger partial charge in [-0.3, -0.25) is 4.99 Å². The van der Waals surface area contributed by atoms with Gasteiger partial charge in [0.1, 0.15) is 11.5 Å². The molecule has 28 heavy (non-hydrogen) atoms. The van der Waals surface area contributed by atoms with Crippen LogP contribution in [0.3, 0.4) is 0 Å². The standard InChI is InChI=1S/C21H28N4O2.HI/c1-3-26-18-8-10-19(11-9-18)27-20-14-16(12-13-23-20)15-24-21(22-2)25-17-6-4-5-7-17;/h8-14,17H,3-7,15H2,1-2H3,(H2,22,24,25);1H. The van der Waals surface area contributed by atoms with Gasteiger partial charge in [0.25, 0.3) is 0 Å². The average molecular weight is 496 g/mol. The molecule has 6 nitrogen and oxygen atoms in total. The predicted octanol–water partition coefficient (Wildman–Crippen LogP) is 4.50. The van der Waals surface area contributed by atoms with Crippen molar-refractivity contribution < 1.29 is 9.47 Å². The third-order valence-electron chi connectivity index (χ3n) is 4.54. The summed E-state index contributed by atoms with van der Waals surface area (Å²) in [4.78, 5) is 8.61. The van der Waals surface area contributed by atoms with E-state index in [2.05, 4.69) is 20.6 Å². The summed E-state index contributed by atoms with van der Waals surface area (Å²) < 4.78 is 11.3. The van der Waals surface area contributed by atoms with Gasteiger partial charge in [0.2, 0.25) is 5.88 Å². The van der Waals surface area contributed by atoms with Gasteiger partial charge in [-0.2, -0.15) is 0 Å². The van der Waals surface area contributed by atoms with Gasteiger partial charge in [0.15, 0.2) is 5.96 Å². The SMILES string of the molecule is CCOc1ccc(Oc2cc(CNC(=NC)NC3CCCC3)ccn2)cc1.I. The fourth-order valence-electron chi connectivity index (χ4n) is 3.15. The summed E-state index contributed by atoms with van der Waals surface area (Å²) in [7, 11) is 1.80. The Morgan fingerprint density at radius 2 is 1.86 bits per heavy atom. The first-order valence-electron chi connectivity index (χ1n) is 9.59. The predicted molar refractivity (Wildman–Crippen MR) is 123 cm³/mol. The fraction of sp³-hybridized carbons (Fsp3) is 0.429. The molecule has 2 aromatic rings. The molecule has 1 aliphatic rings. The molecule has 1 aromatic heterocycles. The van der Waals surface area contributed by atoms with E-state index in [4.69, 9.17) is 9.47 Å². The van der Waals surface area contributed by atoms with Crippen molar-refractivity contribution in [1.29, 1.82) is 0 Å². The topological polar surface area (TPSA) is 67.8 Å². The van der Waals surface area contributed by atoms with Crippen molar-refractivity contribution in [1.82, 2.24) is 15.6 Å². The minimum absolute atomic E-state index is 0. The normalized spacial score (nSPS) is 14.3. The van der Waals surface area contributed by atoms with Crippen molar-refractivity contribution in [3.63, 3.8) is 0 Å². The van der Waals surface area contributed by atoms with Crippen LogP contribution in [0.15, 0.2) is 47.6 Å². The zero-order valence-corrected chi connectivity index (χ0v) is 18.8. The Balaban J connectivity index is 0.00000280. The molecule has 0 bridgehead atoms. The molecule has 2 N–H and O–H groups in total. The summed E-state index contributed by atoms with van der Waals surface area (Å²) in [6, 6.07) is 12.0. The molecular weight excluding hydrogens is 467 g/mol. The van der Waals surface area contributed by atoms with E-state index in [1.807, 2.05) is 43.3 Å². The van der Waals surface area contributed by atoms with Crippen molar-refractivity contribution in [3.8, 4) is 17.4 Å². The highest BCUT2D eigenvalue weighted by Crippen LogP contribution is 2.23. The van der Waals surface area contributed by atoms with Crippen molar-refractivity contribution >= 4 is 29.9 Å². The highest BCUT2D eigenvalue weighted by atomic mass is 127. The first-order chi connectivity index (χ1) is 13.3. The van der Waals surface area contributed by atoms with Crippen LogP contribution in [0.4, 0.5) is 0 Å².